The lowest BCUT2D eigenvalue weighted by molar-refractivity contribution is -0.173. The van der Waals surface area contributed by atoms with E-state index in [1.165, 1.54) is 24.5 Å². The van der Waals surface area contributed by atoms with E-state index in [1.54, 1.807) is 6.07 Å². The van der Waals surface area contributed by atoms with E-state index < -0.39 is 22.9 Å². The highest BCUT2D eigenvalue weighted by Gasteiger charge is 2.73. The Morgan fingerprint density at radius 2 is 2.00 bits per heavy atom. The summed E-state index contributed by atoms with van der Waals surface area (Å²) >= 11 is 0. The smallest absolute Gasteiger partial charge is 0.166 e. The number of aromatic hydroxyl groups is 2. The van der Waals surface area contributed by atoms with Crippen LogP contribution in [0.1, 0.15) is 59.7 Å². The van der Waals surface area contributed by atoms with Crippen molar-refractivity contribution >= 4 is 10.9 Å². The number of piperidine rings is 1. The van der Waals surface area contributed by atoms with Crippen molar-refractivity contribution in [1.29, 1.82) is 0 Å². The zero-order valence-electron chi connectivity index (χ0n) is 20.1. The lowest BCUT2D eigenvalue weighted by atomic mass is 9.49. The summed E-state index contributed by atoms with van der Waals surface area (Å²) in [7, 11) is 0. The lowest BCUT2D eigenvalue weighted by Gasteiger charge is -2.63. The molecule has 3 aromatic rings. The second-order valence-electron chi connectivity index (χ2n) is 12.1. The summed E-state index contributed by atoms with van der Waals surface area (Å²) in [6, 6.07) is 5.16. The molecule has 6 nitrogen and oxygen atoms in total. The van der Waals surface area contributed by atoms with E-state index >= 15 is 0 Å². The van der Waals surface area contributed by atoms with Gasteiger partial charge < -0.3 is 24.6 Å². The van der Waals surface area contributed by atoms with Crippen molar-refractivity contribution in [2.75, 3.05) is 13.1 Å². The van der Waals surface area contributed by atoms with E-state index in [0.29, 0.717) is 30.1 Å². The Kier molecular flexibility index (Phi) is 3.49. The maximum absolute atomic E-state index is 15.0. The number of aliphatic hydroxyl groups is 1. The monoisotopic (exact) mass is 488 g/mol. The van der Waals surface area contributed by atoms with Crippen LogP contribution in [0.15, 0.2) is 18.2 Å². The number of rotatable bonds is 2. The van der Waals surface area contributed by atoms with Crippen LogP contribution in [-0.2, 0) is 31.2 Å². The number of phenolic OH excluding ortho intramolecular Hbond substituents is 2. The molecule has 2 bridgehead atoms. The van der Waals surface area contributed by atoms with E-state index in [4.69, 9.17) is 4.74 Å². The van der Waals surface area contributed by atoms with Crippen LogP contribution in [0.2, 0.25) is 0 Å². The number of halogens is 1. The number of fused-ring (bicyclic) bond motifs is 4. The fourth-order valence-corrected chi connectivity index (χ4v) is 8.93. The molecule has 2 aromatic carbocycles. The maximum atomic E-state index is 15.0. The van der Waals surface area contributed by atoms with Crippen molar-refractivity contribution in [3.63, 3.8) is 0 Å². The minimum atomic E-state index is -1.09. The van der Waals surface area contributed by atoms with Gasteiger partial charge in [0.15, 0.2) is 29.2 Å². The Morgan fingerprint density at radius 1 is 1.14 bits per heavy atom. The van der Waals surface area contributed by atoms with Gasteiger partial charge >= 0.3 is 0 Å². The largest absolute Gasteiger partial charge is 0.505 e. The Labute approximate surface area is 207 Å². The number of phenols is 2. The van der Waals surface area contributed by atoms with E-state index in [-0.39, 0.29) is 17.5 Å². The third kappa shape index (κ3) is 2.08. The number of hydrogen-bond acceptors (Lipinski definition) is 5. The number of nitrogens with zero attached hydrogens (tertiary/aromatic N) is 2. The highest BCUT2D eigenvalue weighted by atomic mass is 19.1. The molecule has 1 saturated heterocycles. The Morgan fingerprint density at radius 3 is 2.83 bits per heavy atom. The molecule has 9 rings (SSSR count). The first-order valence-electron chi connectivity index (χ1n) is 13.5. The average Bonchev–Trinajstić information content (AvgIpc) is 3.53. The van der Waals surface area contributed by atoms with Gasteiger partial charge in [-0.1, -0.05) is 6.07 Å². The summed E-state index contributed by atoms with van der Waals surface area (Å²) in [4.78, 5) is 2.51. The summed E-state index contributed by atoms with van der Waals surface area (Å²) in [5.74, 6) is 0.504. The fraction of sp³-hybridized carbons (Fsp3) is 0.517. The van der Waals surface area contributed by atoms with Crippen molar-refractivity contribution in [3.8, 4) is 17.2 Å². The predicted molar refractivity (Wildman–Crippen MR) is 130 cm³/mol. The van der Waals surface area contributed by atoms with Crippen LogP contribution < -0.4 is 4.74 Å². The second-order valence-corrected chi connectivity index (χ2v) is 12.1. The van der Waals surface area contributed by atoms with Gasteiger partial charge in [0.25, 0.3) is 0 Å². The molecule has 36 heavy (non-hydrogen) atoms. The van der Waals surface area contributed by atoms with Gasteiger partial charge in [-0.05, 0) is 74.2 Å². The second kappa shape index (κ2) is 6.20. The highest BCUT2D eigenvalue weighted by Crippen LogP contribution is 2.69. The van der Waals surface area contributed by atoms with Crippen molar-refractivity contribution in [2.45, 2.75) is 74.7 Å². The Balaban J connectivity index is 1.37. The van der Waals surface area contributed by atoms with Gasteiger partial charge in [0.1, 0.15) is 0 Å². The number of likely N-dealkylation sites (tertiary alicyclic amines) is 1. The molecule has 4 atom stereocenters. The molecule has 0 amide bonds. The van der Waals surface area contributed by atoms with Gasteiger partial charge in [-0.25, -0.2) is 4.39 Å². The third-order valence-corrected chi connectivity index (χ3v) is 10.5. The first kappa shape index (κ1) is 20.3. The van der Waals surface area contributed by atoms with Crippen LogP contribution in [0, 0.1) is 11.7 Å². The van der Waals surface area contributed by atoms with Gasteiger partial charge in [0.2, 0.25) is 0 Å². The van der Waals surface area contributed by atoms with E-state index in [2.05, 4.69) is 9.47 Å². The Hall–Kier alpha value is -2.77. The summed E-state index contributed by atoms with van der Waals surface area (Å²) in [6.07, 6.45) is 5.41. The number of aryl methyl sites for hydroxylation is 2. The van der Waals surface area contributed by atoms with Crippen LogP contribution >= 0.6 is 0 Å². The van der Waals surface area contributed by atoms with Crippen LogP contribution in [0.5, 0.6) is 17.2 Å². The van der Waals surface area contributed by atoms with Gasteiger partial charge in [0.05, 0.1) is 22.2 Å². The molecule has 1 saturated carbocycles. The zero-order chi connectivity index (χ0) is 24.1. The van der Waals surface area contributed by atoms with Crippen LogP contribution in [0.25, 0.3) is 10.9 Å². The van der Waals surface area contributed by atoms with Gasteiger partial charge in [-0.2, -0.15) is 0 Å². The minimum Gasteiger partial charge on any atom is -0.505 e. The van der Waals surface area contributed by atoms with Gasteiger partial charge in [0, 0.05) is 42.1 Å². The summed E-state index contributed by atoms with van der Waals surface area (Å²) in [6.45, 7) is 2.68. The molecule has 4 heterocycles. The van der Waals surface area contributed by atoms with Crippen molar-refractivity contribution < 1.29 is 24.4 Å². The predicted octanol–water partition coefficient (Wildman–Crippen LogP) is 3.84. The average molecular weight is 489 g/mol. The molecule has 6 aliphatic rings. The molecule has 186 valence electrons. The van der Waals surface area contributed by atoms with Crippen LogP contribution in [0.3, 0.4) is 0 Å². The quantitative estimate of drug-likeness (QED) is 0.511. The maximum Gasteiger partial charge on any atom is 0.166 e. The number of ether oxygens (including phenoxy) is 1. The van der Waals surface area contributed by atoms with Crippen molar-refractivity contribution in [2.24, 2.45) is 5.92 Å². The van der Waals surface area contributed by atoms with Crippen LogP contribution in [-0.4, -0.2) is 49.5 Å². The SMILES string of the molecule is Oc1ccc2c3c1O[C@@H]1c4c(c5cc(F)c(O)c6c5n4CCC6)C[C@@]4(O)[C@H](C2)N(CC2CC2)CC[C@]314. The molecule has 2 fully saturated rings. The zero-order valence-corrected chi connectivity index (χ0v) is 20.1. The van der Waals surface area contributed by atoms with Crippen molar-refractivity contribution in [1.82, 2.24) is 9.47 Å². The molecule has 0 unspecified atom stereocenters. The molecular formula is C29H29FN2O4. The minimum absolute atomic E-state index is 0.0564. The van der Waals surface area contributed by atoms with Crippen molar-refractivity contribution in [3.05, 3.63) is 52.0 Å². The molecular weight excluding hydrogens is 459 g/mol. The molecule has 0 radical (unpaired) electrons. The first-order valence-corrected chi connectivity index (χ1v) is 13.5. The topological polar surface area (TPSA) is 78.1 Å². The summed E-state index contributed by atoms with van der Waals surface area (Å²) < 4.78 is 23.9. The number of benzene rings is 2. The molecule has 1 aromatic heterocycles. The first-order chi connectivity index (χ1) is 17.4. The fourth-order valence-electron chi connectivity index (χ4n) is 8.93. The molecule has 1 spiro atoms. The molecule has 3 aliphatic heterocycles. The molecule has 3 N–H and O–H groups in total. The van der Waals surface area contributed by atoms with E-state index in [1.807, 2.05) is 6.07 Å². The normalized spacial score (nSPS) is 33.4. The number of aromatic nitrogens is 1. The van der Waals surface area contributed by atoms with E-state index in [9.17, 15) is 19.7 Å². The van der Waals surface area contributed by atoms with E-state index in [0.717, 1.165) is 66.6 Å². The highest BCUT2D eigenvalue weighted by molar-refractivity contribution is 5.92. The standard InChI is InChI=1S/C29H29FN2O4/c30-19-11-17-18-12-29(35)21-10-15-5-6-20(33)26-22(15)28(29,7-9-31(21)13-14-3-4-14)27(36-26)24(18)32-8-1-2-16(23(17)32)25(19)34/h5-6,11,14,21,27,33-35H,1-4,7-10,12-13H2/t21-,27+,28-,29+/m0/s1. The summed E-state index contributed by atoms with van der Waals surface area (Å²) in [5.41, 5.74) is 3.91. The number of hydrogen-bond donors (Lipinski definition) is 3. The third-order valence-electron chi connectivity index (χ3n) is 10.5. The van der Waals surface area contributed by atoms with Gasteiger partial charge in [-0.15, -0.1) is 0 Å². The molecule has 3 aliphatic carbocycles. The Bertz CT molecular complexity index is 1530. The van der Waals surface area contributed by atoms with Gasteiger partial charge in [-0.3, -0.25) is 4.90 Å². The molecule has 7 heteroatoms. The summed E-state index contributed by atoms with van der Waals surface area (Å²) in [5, 5.41) is 35.2. The lowest BCUT2D eigenvalue weighted by Crippen LogP contribution is -2.74. The van der Waals surface area contributed by atoms with Crippen LogP contribution in [0.4, 0.5) is 4.39 Å².